The summed E-state index contributed by atoms with van der Waals surface area (Å²) in [5.74, 6) is -0.734. The molecule has 2 aromatic rings. The van der Waals surface area contributed by atoms with E-state index in [-0.39, 0.29) is 0 Å². The van der Waals surface area contributed by atoms with Crippen LogP contribution in [0.4, 0.5) is 0 Å². The van der Waals surface area contributed by atoms with Gasteiger partial charge in [0.2, 0.25) is 0 Å². The first-order valence-electron chi connectivity index (χ1n) is 6.16. The molecule has 3 rings (SSSR count). The average Bonchev–Trinajstić information content (AvgIpc) is 2.89. The quantitative estimate of drug-likeness (QED) is 0.847. The number of hydrogen-bond donors (Lipinski definition) is 2. The zero-order valence-electron chi connectivity index (χ0n) is 10.0. The third-order valence-corrected chi connectivity index (χ3v) is 3.87. The highest BCUT2D eigenvalue weighted by molar-refractivity contribution is 5.87. The Kier molecular flexibility index (Phi) is 2.56. The number of nitrogens with one attached hydrogen (secondary N) is 1. The fourth-order valence-corrected chi connectivity index (χ4v) is 2.73. The fraction of sp³-hybridized carbons (Fsp3) is 0.267. The lowest BCUT2D eigenvalue weighted by Gasteiger charge is -2.23. The van der Waals surface area contributed by atoms with Gasteiger partial charge in [-0.1, -0.05) is 36.4 Å². The number of carboxylic acids is 1. The molecule has 0 radical (unpaired) electrons. The van der Waals surface area contributed by atoms with Crippen molar-refractivity contribution in [3.63, 3.8) is 0 Å². The molecule has 3 heteroatoms. The van der Waals surface area contributed by atoms with E-state index in [1.165, 1.54) is 0 Å². The number of fused-ring (bicyclic) bond motifs is 1. The minimum absolute atomic E-state index is 0.515. The smallest absolute Gasteiger partial charge is 0.315 e. The van der Waals surface area contributed by atoms with Gasteiger partial charge >= 0.3 is 5.97 Å². The van der Waals surface area contributed by atoms with Gasteiger partial charge in [-0.2, -0.15) is 0 Å². The van der Waals surface area contributed by atoms with Gasteiger partial charge in [-0.05, 0) is 35.4 Å². The molecule has 2 N–H and O–H groups in total. The number of benzene rings is 2. The first-order valence-corrected chi connectivity index (χ1v) is 6.16. The van der Waals surface area contributed by atoms with Gasteiger partial charge in [-0.15, -0.1) is 0 Å². The van der Waals surface area contributed by atoms with Crippen molar-refractivity contribution in [3.05, 3.63) is 48.0 Å². The lowest BCUT2D eigenvalue weighted by molar-refractivity contribution is -0.143. The fourth-order valence-electron chi connectivity index (χ4n) is 2.73. The molecule has 0 amide bonds. The average molecular weight is 241 g/mol. The van der Waals surface area contributed by atoms with Crippen LogP contribution in [-0.2, 0) is 10.2 Å². The van der Waals surface area contributed by atoms with Crippen molar-refractivity contribution >= 4 is 16.7 Å². The van der Waals surface area contributed by atoms with Gasteiger partial charge in [0, 0.05) is 6.54 Å². The lowest BCUT2D eigenvalue weighted by atomic mass is 9.79. The van der Waals surface area contributed by atoms with Gasteiger partial charge in [0.25, 0.3) is 0 Å². The summed E-state index contributed by atoms with van der Waals surface area (Å²) in [6.07, 6.45) is 0.653. The summed E-state index contributed by atoms with van der Waals surface area (Å²) < 4.78 is 0. The second-order valence-electron chi connectivity index (χ2n) is 4.88. The third kappa shape index (κ3) is 1.59. The molecule has 1 unspecified atom stereocenters. The Morgan fingerprint density at radius 3 is 2.61 bits per heavy atom. The maximum absolute atomic E-state index is 11.6. The molecular weight excluding hydrogens is 226 g/mol. The molecule has 1 aliphatic rings. The van der Waals surface area contributed by atoms with E-state index < -0.39 is 11.4 Å². The molecule has 0 bridgehead atoms. The SMILES string of the molecule is O=C(O)C1(c2ccc3ccccc3c2)CCNC1. The first kappa shape index (κ1) is 11.2. The van der Waals surface area contributed by atoms with Crippen LogP contribution < -0.4 is 5.32 Å². The predicted molar refractivity (Wildman–Crippen MR) is 70.7 cm³/mol. The van der Waals surface area contributed by atoms with Crippen LogP contribution in [0.15, 0.2) is 42.5 Å². The third-order valence-electron chi connectivity index (χ3n) is 3.87. The van der Waals surface area contributed by atoms with Crippen LogP contribution in [-0.4, -0.2) is 24.2 Å². The zero-order chi connectivity index (χ0) is 12.6. The van der Waals surface area contributed by atoms with Crippen molar-refractivity contribution in [2.45, 2.75) is 11.8 Å². The van der Waals surface area contributed by atoms with Crippen LogP contribution in [0.2, 0.25) is 0 Å². The lowest BCUT2D eigenvalue weighted by Crippen LogP contribution is -2.37. The summed E-state index contributed by atoms with van der Waals surface area (Å²) in [5.41, 5.74) is 0.142. The van der Waals surface area contributed by atoms with Gasteiger partial charge in [0.05, 0.1) is 0 Å². The number of aliphatic carboxylic acids is 1. The minimum Gasteiger partial charge on any atom is -0.481 e. The number of hydrogen-bond acceptors (Lipinski definition) is 2. The molecule has 1 heterocycles. The van der Waals surface area contributed by atoms with Crippen LogP contribution >= 0.6 is 0 Å². The Morgan fingerprint density at radius 1 is 1.17 bits per heavy atom. The highest BCUT2D eigenvalue weighted by Crippen LogP contribution is 2.33. The number of carbonyl (C=O) groups is 1. The molecule has 18 heavy (non-hydrogen) atoms. The molecule has 0 aliphatic carbocycles. The molecule has 2 aromatic carbocycles. The van der Waals surface area contributed by atoms with E-state index in [0.29, 0.717) is 13.0 Å². The zero-order valence-corrected chi connectivity index (χ0v) is 10.0. The summed E-state index contributed by atoms with van der Waals surface area (Å²) in [5, 5.41) is 15.0. The van der Waals surface area contributed by atoms with Crippen LogP contribution in [0.25, 0.3) is 10.8 Å². The van der Waals surface area contributed by atoms with E-state index in [2.05, 4.69) is 5.32 Å². The van der Waals surface area contributed by atoms with Crippen molar-refractivity contribution < 1.29 is 9.90 Å². The molecule has 92 valence electrons. The Bertz CT molecular complexity index is 600. The second kappa shape index (κ2) is 4.10. The minimum atomic E-state index is -0.760. The normalized spacial score (nSPS) is 23.3. The van der Waals surface area contributed by atoms with Crippen molar-refractivity contribution in [3.8, 4) is 0 Å². The van der Waals surface area contributed by atoms with E-state index in [1.54, 1.807) is 0 Å². The predicted octanol–water partition coefficient (Wildman–Crippen LogP) is 2.16. The van der Waals surface area contributed by atoms with Gasteiger partial charge in [-0.25, -0.2) is 0 Å². The van der Waals surface area contributed by atoms with Crippen LogP contribution in [0, 0.1) is 0 Å². The van der Waals surface area contributed by atoms with Crippen molar-refractivity contribution in [2.75, 3.05) is 13.1 Å². The molecule has 1 aliphatic heterocycles. The summed E-state index contributed by atoms with van der Waals surface area (Å²) in [6, 6.07) is 14.0. The van der Waals surface area contributed by atoms with Gasteiger partial charge in [-0.3, -0.25) is 4.79 Å². The highest BCUT2D eigenvalue weighted by atomic mass is 16.4. The summed E-state index contributed by atoms with van der Waals surface area (Å²) in [7, 11) is 0. The van der Waals surface area contributed by atoms with E-state index in [0.717, 1.165) is 22.9 Å². The van der Waals surface area contributed by atoms with E-state index >= 15 is 0 Å². The molecule has 0 spiro atoms. The van der Waals surface area contributed by atoms with E-state index in [1.807, 2.05) is 42.5 Å². The Labute approximate surface area is 105 Å². The molecule has 0 aromatic heterocycles. The Balaban J connectivity index is 2.15. The van der Waals surface area contributed by atoms with Gasteiger partial charge in [0.1, 0.15) is 5.41 Å². The summed E-state index contributed by atoms with van der Waals surface area (Å²) >= 11 is 0. The van der Waals surface area contributed by atoms with Crippen molar-refractivity contribution in [1.29, 1.82) is 0 Å². The molecule has 1 saturated heterocycles. The Hall–Kier alpha value is -1.87. The molecular formula is C15H15NO2. The summed E-state index contributed by atoms with van der Waals surface area (Å²) in [4.78, 5) is 11.6. The Morgan fingerprint density at radius 2 is 1.94 bits per heavy atom. The number of rotatable bonds is 2. The molecule has 1 atom stereocenters. The highest BCUT2D eigenvalue weighted by Gasteiger charge is 2.43. The topological polar surface area (TPSA) is 49.3 Å². The first-order chi connectivity index (χ1) is 8.72. The van der Waals surface area contributed by atoms with Crippen molar-refractivity contribution in [2.24, 2.45) is 0 Å². The largest absolute Gasteiger partial charge is 0.481 e. The summed E-state index contributed by atoms with van der Waals surface area (Å²) in [6.45, 7) is 1.28. The van der Waals surface area contributed by atoms with E-state index in [9.17, 15) is 9.90 Å². The monoisotopic (exact) mass is 241 g/mol. The second-order valence-corrected chi connectivity index (χ2v) is 4.88. The van der Waals surface area contributed by atoms with Gasteiger partial charge < -0.3 is 10.4 Å². The van der Waals surface area contributed by atoms with Crippen LogP contribution in [0.3, 0.4) is 0 Å². The standard InChI is InChI=1S/C15H15NO2/c17-14(18)15(7-8-16-10-15)13-6-5-11-3-1-2-4-12(11)9-13/h1-6,9,16H,7-8,10H2,(H,17,18). The molecule has 1 fully saturated rings. The van der Waals surface area contributed by atoms with Gasteiger partial charge in [0.15, 0.2) is 0 Å². The van der Waals surface area contributed by atoms with Crippen LogP contribution in [0.1, 0.15) is 12.0 Å². The van der Waals surface area contributed by atoms with Crippen molar-refractivity contribution in [1.82, 2.24) is 5.32 Å². The maximum Gasteiger partial charge on any atom is 0.315 e. The number of carboxylic acid groups (broad SMARTS) is 1. The molecule has 0 saturated carbocycles. The van der Waals surface area contributed by atoms with Crippen LogP contribution in [0.5, 0.6) is 0 Å². The maximum atomic E-state index is 11.6. The van der Waals surface area contributed by atoms with E-state index in [4.69, 9.17) is 0 Å². The molecule has 3 nitrogen and oxygen atoms in total.